The summed E-state index contributed by atoms with van der Waals surface area (Å²) in [5.41, 5.74) is 0.808. The highest BCUT2D eigenvalue weighted by atomic mass is 32.2. The third kappa shape index (κ3) is 4.69. The number of sulfonamides is 1. The lowest BCUT2D eigenvalue weighted by Gasteiger charge is -2.31. The summed E-state index contributed by atoms with van der Waals surface area (Å²) in [6.07, 6.45) is 6.57. The third-order valence-corrected chi connectivity index (χ3v) is 6.61. The normalized spacial score (nSPS) is 18.3. The van der Waals surface area contributed by atoms with Crippen LogP contribution in [0.2, 0.25) is 0 Å². The van der Waals surface area contributed by atoms with Crippen molar-refractivity contribution in [3.8, 4) is 5.82 Å². The Kier molecular flexibility index (Phi) is 6.17. The van der Waals surface area contributed by atoms with Gasteiger partial charge < -0.3 is 5.32 Å². The number of piperidine rings is 1. The van der Waals surface area contributed by atoms with E-state index in [9.17, 15) is 13.2 Å². The molecule has 2 aromatic heterocycles. The van der Waals surface area contributed by atoms with Crippen molar-refractivity contribution < 1.29 is 13.2 Å². The van der Waals surface area contributed by atoms with Gasteiger partial charge in [-0.3, -0.25) is 4.79 Å². The van der Waals surface area contributed by atoms with Crippen LogP contribution in [0.15, 0.2) is 31.0 Å². The molecule has 146 valence electrons. The van der Waals surface area contributed by atoms with Crippen molar-refractivity contribution in [2.75, 3.05) is 18.8 Å². The molecule has 0 aliphatic carbocycles. The second kappa shape index (κ2) is 8.57. The molecule has 3 heterocycles. The topological polar surface area (TPSA) is 110 Å². The molecule has 1 saturated heterocycles. The van der Waals surface area contributed by atoms with Crippen LogP contribution in [0.25, 0.3) is 5.82 Å². The van der Waals surface area contributed by atoms with E-state index in [0.717, 1.165) is 5.56 Å². The summed E-state index contributed by atoms with van der Waals surface area (Å²) in [6.45, 7) is 2.87. The molecule has 9 nitrogen and oxygen atoms in total. The van der Waals surface area contributed by atoms with Gasteiger partial charge in [0, 0.05) is 31.4 Å². The molecule has 27 heavy (non-hydrogen) atoms. The van der Waals surface area contributed by atoms with Crippen LogP contribution in [-0.2, 0) is 21.4 Å². The molecule has 1 fully saturated rings. The first-order chi connectivity index (χ1) is 13.0. The van der Waals surface area contributed by atoms with Gasteiger partial charge in [-0.25, -0.2) is 27.4 Å². The Bertz CT molecular complexity index is 869. The van der Waals surface area contributed by atoms with Gasteiger partial charge >= 0.3 is 0 Å². The zero-order chi connectivity index (χ0) is 19.3. The van der Waals surface area contributed by atoms with Gasteiger partial charge in [-0.1, -0.05) is 13.0 Å². The minimum Gasteiger partial charge on any atom is -0.352 e. The van der Waals surface area contributed by atoms with E-state index in [0.29, 0.717) is 38.2 Å². The average molecular weight is 392 g/mol. The zero-order valence-electron chi connectivity index (χ0n) is 15.3. The van der Waals surface area contributed by atoms with Crippen molar-refractivity contribution in [2.45, 2.75) is 32.7 Å². The van der Waals surface area contributed by atoms with Gasteiger partial charge in [0.2, 0.25) is 15.9 Å². The van der Waals surface area contributed by atoms with Gasteiger partial charge in [0.25, 0.3) is 0 Å². The number of nitrogens with zero attached hydrogens (tertiary/aromatic N) is 5. The van der Waals surface area contributed by atoms with Gasteiger partial charge in [-0.2, -0.15) is 5.10 Å². The molecule has 1 amide bonds. The second-order valence-corrected chi connectivity index (χ2v) is 8.65. The van der Waals surface area contributed by atoms with E-state index in [2.05, 4.69) is 20.4 Å². The number of rotatable bonds is 7. The minimum absolute atomic E-state index is 0.123. The van der Waals surface area contributed by atoms with Gasteiger partial charge in [0.15, 0.2) is 5.82 Å². The van der Waals surface area contributed by atoms with Crippen LogP contribution in [0.3, 0.4) is 0 Å². The van der Waals surface area contributed by atoms with E-state index in [4.69, 9.17) is 0 Å². The molecule has 0 spiro atoms. The number of hydrogen-bond acceptors (Lipinski definition) is 6. The molecule has 3 rings (SSSR count). The number of hydrogen-bond donors (Lipinski definition) is 1. The zero-order valence-corrected chi connectivity index (χ0v) is 16.1. The molecule has 2 aromatic rings. The van der Waals surface area contributed by atoms with E-state index in [1.807, 2.05) is 13.0 Å². The smallest absolute Gasteiger partial charge is 0.224 e. The minimum atomic E-state index is -3.28. The standard InChI is InChI=1S/C17H24N6O3S/c1-2-9-27(25,26)22-8-4-6-15(11-22)17(24)20-10-14-5-3-7-19-16(14)23-13-18-12-21-23/h3,5,7,12-13,15H,2,4,6,8-11H2,1H3,(H,20,24)/t15-/m1/s1. The third-order valence-electron chi connectivity index (χ3n) is 4.57. The van der Waals surface area contributed by atoms with Crippen molar-refractivity contribution in [3.05, 3.63) is 36.5 Å². The lowest BCUT2D eigenvalue weighted by molar-refractivity contribution is -0.126. The van der Waals surface area contributed by atoms with Crippen LogP contribution in [0.1, 0.15) is 31.7 Å². The summed E-state index contributed by atoms with van der Waals surface area (Å²) in [7, 11) is -3.28. The summed E-state index contributed by atoms with van der Waals surface area (Å²) >= 11 is 0. The van der Waals surface area contributed by atoms with Crippen LogP contribution in [0.5, 0.6) is 0 Å². The summed E-state index contributed by atoms with van der Waals surface area (Å²) in [6, 6.07) is 3.66. The predicted molar refractivity (Wildman–Crippen MR) is 99.4 cm³/mol. The van der Waals surface area contributed by atoms with E-state index < -0.39 is 10.0 Å². The van der Waals surface area contributed by atoms with E-state index >= 15 is 0 Å². The Labute approximate surface area is 158 Å². The van der Waals surface area contributed by atoms with Crippen molar-refractivity contribution in [2.24, 2.45) is 5.92 Å². The summed E-state index contributed by atoms with van der Waals surface area (Å²) in [5.74, 6) is 0.251. The van der Waals surface area contributed by atoms with E-state index in [-0.39, 0.29) is 24.1 Å². The summed E-state index contributed by atoms with van der Waals surface area (Å²) in [4.78, 5) is 20.8. The molecule has 0 unspecified atom stereocenters. The molecular weight excluding hydrogens is 368 g/mol. The molecule has 1 aliphatic heterocycles. The van der Waals surface area contributed by atoms with Crippen LogP contribution in [0, 0.1) is 5.92 Å². The van der Waals surface area contributed by atoms with Crippen molar-refractivity contribution in [3.63, 3.8) is 0 Å². The second-order valence-electron chi connectivity index (χ2n) is 6.56. The maximum absolute atomic E-state index is 12.6. The number of pyridine rings is 1. The molecule has 0 aromatic carbocycles. The van der Waals surface area contributed by atoms with Crippen LogP contribution in [0.4, 0.5) is 0 Å². The molecule has 10 heteroatoms. The lowest BCUT2D eigenvalue weighted by Crippen LogP contribution is -2.46. The largest absolute Gasteiger partial charge is 0.352 e. The van der Waals surface area contributed by atoms with Crippen LogP contribution < -0.4 is 5.32 Å². The number of carbonyl (C=O) groups excluding carboxylic acids is 1. The maximum atomic E-state index is 12.6. The fourth-order valence-electron chi connectivity index (χ4n) is 3.21. The lowest BCUT2D eigenvalue weighted by atomic mass is 9.99. The maximum Gasteiger partial charge on any atom is 0.224 e. The number of carbonyl (C=O) groups is 1. The first kappa shape index (κ1) is 19.4. The van der Waals surface area contributed by atoms with Gasteiger partial charge in [0.1, 0.15) is 12.7 Å². The van der Waals surface area contributed by atoms with Crippen LogP contribution >= 0.6 is 0 Å². The fraction of sp³-hybridized carbons (Fsp3) is 0.529. The predicted octanol–water partition coefficient (Wildman–Crippen LogP) is 0.730. The molecule has 1 atom stereocenters. The highest BCUT2D eigenvalue weighted by molar-refractivity contribution is 7.89. The number of aromatic nitrogens is 4. The quantitative estimate of drug-likeness (QED) is 0.744. The first-order valence-corrected chi connectivity index (χ1v) is 10.7. The first-order valence-electron chi connectivity index (χ1n) is 9.05. The molecule has 0 radical (unpaired) electrons. The monoisotopic (exact) mass is 392 g/mol. The Morgan fingerprint density at radius 3 is 3.00 bits per heavy atom. The summed E-state index contributed by atoms with van der Waals surface area (Å²) in [5, 5.41) is 6.99. The van der Waals surface area contributed by atoms with Crippen LogP contribution in [-0.4, -0.2) is 57.2 Å². The van der Waals surface area contributed by atoms with E-state index in [1.165, 1.54) is 10.6 Å². The van der Waals surface area contributed by atoms with Gasteiger partial charge in [0.05, 0.1) is 11.7 Å². The molecule has 1 aliphatic rings. The van der Waals surface area contributed by atoms with Gasteiger partial charge in [-0.05, 0) is 25.3 Å². The average Bonchev–Trinajstić information content (AvgIpc) is 3.21. The van der Waals surface area contributed by atoms with Crippen molar-refractivity contribution in [1.29, 1.82) is 0 Å². The fourth-order valence-corrected chi connectivity index (χ4v) is 4.80. The van der Waals surface area contributed by atoms with Gasteiger partial charge in [-0.15, -0.1) is 0 Å². The summed E-state index contributed by atoms with van der Waals surface area (Å²) < 4.78 is 27.6. The number of nitrogens with one attached hydrogen (secondary N) is 1. The number of amides is 1. The molecule has 0 bridgehead atoms. The molecule has 1 N–H and O–H groups in total. The van der Waals surface area contributed by atoms with Crippen molar-refractivity contribution >= 4 is 15.9 Å². The Morgan fingerprint density at radius 2 is 2.26 bits per heavy atom. The molecular formula is C17H24N6O3S. The molecule has 0 saturated carbocycles. The Balaban J connectivity index is 1.63. The SMILES string of the molecule is CCCS(=O)(=O)N1CCC[C@@H](C(=O)NCc2cccnc2-n2cncn2)C1. The highest BCUT2D eigenvalue weighted by Crippen LogP contribution is 2.20. The Morgan fingerprint density at radius 1 is 1.41 bits per heavy atom. The van der Waals surface area contributed by atoms with Crippen molar-refractivity contribution in [1.82, 2.24) is 29.4 Å². The highest BCUT2D eigenvalue weighted by Gasteiger charge is 2.31. The van der Waals surface area contributed by atoms with E-state index in [1.54, 1.807) is 23.3 Å². The Hall–Kier alpha value is -2.33.